The van der Waals surface area contributed by atoms with Gasteiger partial charge in [-0.3, -0.25) is 4.90 Å². The quantitative estimate of drug-likeness (QED) is 0.876. The number of halogens is 3. The van der Waals surface area contributed by atoms with Crippen LogP contribution in [0.25, 0.3) is 0 Å². The van der Waals surface area contributed by atoms with Crippen molar-refractivity contribution in [1.29, 1.82) is 0 Å². The second kappa shape index (κ2) is 4.80. The molecule has 2 unspecified atom stereocenters. The molecule has 3 N–H and O–H groups in total. The highest BCUT2D eigenvalue weighted by atomic mass is 19.4. The SMILES string of the molecule is Nc1cc(C(F)(F)F)cc(NC2CCN3CCCC23)n1. The van der Waals surface area contributed by atoms with Gasteiger partial charge in [0.2, 0.25) is 0 Å². The first-order valence-corrected chi connectivity index (χ1v) is 6.79. The molecule has 0 bridgehead atoms. The van der Waals surface area contributed by atoms with Crippen molar-refractivity contribution in [3.63, 3.8) is 0 Å². The first-order valence-electron chi connectivity index (χ1n) is 6.79. The van der Waals surface area contributed by atoms with Crippen LogP contribution in [0.5, 0.6) is 0 Å². The minimum atomic E-state index is -4.40. The summed E-state index contributed by atoms with van der Waals surface area (Å²) in [5, 5.41) is 3.13. The largest absolute Gasteiger partial charge is 0.416 e. The van der Waals surface area contributed by atoms with E-state index in [-0.39, 0.29) is 17.7 Å². The third-order valence-electron chi connectivity index (χ3n) is 4.11. The summed E-state index contributed by atoms with van der Waals surface area (Å²) in [5.74, 6) is 0.111. The van der Waals surface area contributed by atoms with Gasteiger partial charge in [0.25, 0.3) is 0 Å². The minimum absolute atomic E-state index is 0.108. The van der Waals surface area contributed by atoms with Crippen molar-refractivity contribution in [2.24, 2.45) is 0 Å². The van der Waals surface area contributed by atoms with Gasteiger partial charge >= 0.3 is 6.18 Å². The number of nitrogens with one attached hydrogen (secondary N) is 1. The molecule has 7 heteroatoms. The third kappa shape index (κ3) is 2.54. The highest BCUT2D eigenvalue weighted by Gasteiger charge is 2.37. The number of aromatic nitrogens is 1. The molecule has 3 heterocycles. The normalized spacial score (nSPS) is 26.8. The Morgan fingerprint density at radius 2 is 2.05 bits per heavy atom. The van der Waals surface area contributed by atoms with E-state index in [0.29, 0.717) is 6.04 Å². The van der Waals surface area contributed by atoms with E-state index in [1.165, 1.54) is 0 Å². The van der Waals surface area contributed by atoms with Crippen LogP contribution >= 0.6 is 0 Å². The maximum atomic E-state index is 12.8. The average molecular weight is 286 g/mol. The molecule has 20 heavy (non-hydrogen) atoms. The molecular formula is C13H17F3N4. The number of nitrogen functional groups attached to an aromatic ring is 1. The van der Waals surface area contributed by atoms with Gasteiger partial charge in [-0.2, -0.15) is 13.2 Å². The number of hydrogen-bond acceptors (Lipinski definition) is 4. The number of nitrogens with zero attached hydrogens (tertiary/aromatic N) is 2. The van der Waals surface area contributed by atoms with Crippen LogP contribution in [0.3, 0.4) is 0 Å². The monoisotopic (exact) mass is 286 g/mol. The van der Waals surface area contributed by atoms with Crippen LogP contribution in [-0.2, 0) is 6.18 Å². The van der Waals surface area contributed by atoms with Crippen LogP contribution in [-0.4, -0.2) is 35.1 Å². The molecule has 0 radical (unpaired) electrons. The summed E-state index contributed by atoms with van der Waals surface area (Å²) in [6, 6.07) is 2.47. The molecule has 0 amide bonds. The Hall–Kier alpha value is -1.50. The fourth-order valence-electron chi connectivity index (χ4n) is 3.23. The summed E-state index contributed by atoms with van der Waals surface area (Å²) in [5.41, 5.74) is 4.72. The molecule has 110 valence electrons. The molecule has 2 saturated heterocycles. The Labute approximate surface area is 115 Å². The summed E-state index contributed by atoms with van der Waals surface area (Å²) in [7, 11) is 0. The van der Waals surface area contributed by atoms with E-state index in [1.54, 1.807) is 0 Å². The van der Waals surface area contributed by atoms with Crippen molar-refractivity contribution in [2.45, 2.75) is 37.5 Å². The first-order chi connectivity index (χ1) is 9.43. The van der Waals surface area contributed by atoms with E-state index >= 15 is 0 Å². The van der Waals surface area contributed by atoms with Gasteiger partial charge in [0, 0.05) is 18.6 Å². The van der Waals surface area contributed by atoms with Gasteiger partial charge in [0.15, 0.2) is 0 Å². The van der Waals surface area contributed by atoms with E-state index in [0.717, 1.165) is 44.5 Å². The van der Waals surface area contributed by atoms with Crippen LogP contribution < -0.4 is 11.1 Å². The Morgan fingerprint density at radius 1 is 1.25 bits per heavy atom. The molecule has 4 nitrogen and oxygen atoms in total. The van der Waals surface area contributed by atoms with Crippen LogP contribution in [0, 0.1) is 0 Å². The number of pyridine rings is 1. The molecule has 0 saturated carbocycles. The van der Waals surface area contributed by atoms with Crippen LogP contribution in [0.15, 0.2) is 12.1 Å². The third-order valence-corrected chi connectivity index (χ3v) is 4.11. The first kappa shape index (κ1) is 13.5. The standard InChI is InChI=1S/C13H17F3N4/c14-13(15,16)8-6-11(17)19-12(7-8)18-9-3-5-20-4-1-2-10(9)20/h6-7,9-10H,1-5H2,(H3,17,18,19). The van der Waals surface area contributed by atoms with Gasteiger partial charge in [-0.15, -0.1) is 0 Å². The van der Waals surface area contributed by atoms with Gasteiger partial charge in [-0.25, -0.2) is 4.98 Å². The number of anilines is 2. The summed E-state index contributed by atoms with van der Waals surface area (Å²) < 4.78 is 38.3. The molecule has 2 aliphatic rings. The number of hydrogen-bond donors (Lipinski definition) is 2. The highest BCUT2D eigenvalue weighted by Crippen LogP contribution is 2.33. The number of fused-ring (bicyclic) bond motifs is 1. The summed E-state index contributed by atoms with van der Waals surface area (Å²) in [6.07, 6.45) is -1.22. The molecule has 1 aromatic rings. The van der Waals surface area contributed by atoms with Crippen LogP contribution in [0.1, 0.15) is 24.8 Å². The van der Waals surface area contributed by atoms with E-state index in [9.17, 15) is 13.2 Å². The Bertz CT molecular complexity index is 503. The summed E-state index contributed by atoms with van der Waals surface area (Å²) >= 11 is 0. The predicted molar refractivity (Wildman–Crippen MR) is 70.3 cm³/mol. The van der Waals surface area contributed by atoms with E-state index < -0.39 is 11.7 Å². The zero-order chi connectivity index (χ0) is 14.3. The van der Waals surface area contributed by atoms with Gasteiger partial charge in [-0.05, 0) is 37.9 Å². The Balaban J connectivity index is 1.79. The smallest absolute Gasteiger partial charge is 0.384 e. The predicted octanol–water partition coefficient (Wildman–Crippen LogP) is 2.33. The second-order valence-electron chi connectivity index (χ2n) is 5.45. The fraction of sp³-hybridized carbons (Fsp3) is 0.615. The van der Waals surface area contributed by atoms with Crippen LogP contribution in [0.4, 0.5) is 24.8 Å². The second-order valence-corrected chi connectivity index (χ2v) is 5.45. The van der Waals surface area contributed by atoms with E-state index in [2.05, 4.69) is 15.2 Å². The lowest BCUT2D eigenvalue weighted by molar-refractivity contribution is -0.137. The molecule has 1 aromatic heterocycles. The van der Waals surface area contributed by atoms with Crippen molar-refractivity contribution in [2.75, 3.05) is 24.1 Å². The van der Waals surface area contributed by atoms with Gasteiger partial charge < -0.3 is 11.1 Å². The lowest BCUT2D eigenvalue weighted by Crippen LogP contribution is -2.34. The van der Waals surface area contributed by atoms with Crippen molar-refractivity contribution in [3.05, 3.63) is 17.7 Å². The lowest BCUT2D eigenvalue weighted by Gasteiger charge is -2.22. The molecule has 0 aliphatic carbocycles. The number of alkyl halides is 3. The average Bonchev–Trinajstić information content (AvgIpc) is 2.92. The molecule has 0 aromatic carbocycles. The zero-order valence-electron chi connectivity index (χ0n) is 11.0. The van der Waals surface area contributed by atoms with Gasteiger partial charge in [-0.1, -0.05) is 0 Å². The van der Waals surface area contributed by atoms with E-state index in [4.69, 9.17) is 5.73 Å². The molecule has 2 atom stereocenters. The van der Waals surface area contributed by atoms with Gasteiger partial charge in [0.05, 0.1) is 5.56 Å². The molecule has 2 fully saturated rings. The summed E-state index contributed by atoms with van der Waals surface area (Å²) in [4.78, 5) is 6.36. The maximum absolute atomic E-state index is 12.8. The Kier molecular flexibility index (Phi) is 3.24. The topological polar surface area (TPSA) is 54.2 Å². The number of rotatable bonds is 2. The van der Waals surface area contributed by atoms with Crippen molar-refractivity contribution in [3.8, 4) is 0 Å². The Morgan fingerprint density at radius 3 is 2.80 bits per heavy atom. The minimum Gasteiger partial charge on any atom is -0.384 e. The zero-order valence-corrected chi connectivity index (χ0v) is 11.0. The molecule has 0 spiro atoms. The van der Waals surface area contributed by atoms with Crippen molar-refractivity contribution >= 4 is 11.6 Å². The van der Waals surface area contributed by atoms with Gasteiger partial charge in [0.1, 0.15) is 11.6 Å². The molecular weight excluding hydrogens is 269 g/mol. The summed E-state index contributed by atoms with van der Waals surface area (Å²) in [6.45, 7) is 2.08. The van der Waals surface area contributed by atoms with E-state index in [1.807, 2.05) is 0 Å². The maximum Gasteiger partial charge on any atom is 0.416 e. The molecule has 2 aliphatic heterocycles. The van der Waals surface area contributed by atoms with Crippen molar-refractivity contribution < 1.29 is 13.2 Å². The number of nitrogens with two attached hydrogens (primary N) is 1. The van der Waals surface area contributed by atoms with Crippen molar-refractivity contribution in [1.82, 2.24) is 9.88 Å². The van der Waals surface area contributed by atoms with Crippen LogP contribution in [0.2, 0.25) is 0 Å². The highest BCUT2D eigenvalue weighted by molar-refractivity contribution is 5.48. The molecule has 3 rings (SSSR count). The fourth-order valence-corrected chi connectivity index (χ4v) is 3.23. The lowest BCUT2D eigenvalue weighted by atomic mass is 10.1.